The number of H-pyrrole nitrogens is 2. The van der Waals surface area contributed by atoms with Crippen LogP contribution in [0, 0.1) is 0 Å². The van der Waals surface area contributed by atoms with E-state index in [4.69, 9.17) is 0 Å². The molecule has 1 aliphatic carbocycles. The van der Waals surface area contributed by atoms with Crippen molar-refractivity contribution in [3.8, 4) is 0 Å². The molecule has 0 amide bonds. The van der Waals surface area contributed by atoms with Crippen LogP contribution in [0.15, 0.2) is 21.7 Å². The first-order valence-corrected chi connectivity index (χ1v) is 8.73. The summed E-state index contributed by atoms with van der Waals surface area (Å²) in [7, 11) is 0. The third kappa shape index (κ3) is 1.71. The molecule has 1 aromatic carbocycles. The smallest absolute Gasteiger partial charge is 0.307 e. The molecule has 2 heterocycles. The number of thioether (sulfide) groups is 2. The van der Waals surface area contributed by atoms with E-state index in [1.165, 1.54) is 23.5 Å². The van der Waals surface area contributed by atoms with Crippen LogP contribution in [0.1, 0.15) is 24.0 Å². The molecule has 2 aromatic rings. The molecule has 0 atom stereocenters. The topological polar surface area (TPSA) is 65.7 Å². The van der Waals surface area contributed by atoms with Gasteiger partial charge in [0.25, 0.3) is 5.56 Å². The Labute approximate surface area is 123 Å². The maximum Gasteiger partial charge on any atom is 0.326 e. The zero-order valence-corrected chi connectivity index (χ0v) is 12.5. The first kappa shape index (κ1) is 12.6. The Morgan fingerprint density at radius 2 is 1.90 bits per heavy atom. The van der Waals surface area contributed by atoms with Gasteiger partial charge in [0.15, 0.2) is 0 Å². The summed E-state index contributed by atoms with van der Waals surface area (Å²) < 4.78 is 0.129. The third-order valence-corrected chi connectivity index (χ3v) is 7.67. The Hall–Kier alpha value is -1.14. The predicted molar refractivity (Wildman–Crippen MR) is 84.7 cm³/mol. The first-order valence-electron chi connectivity index (χ1n) is 6.76. The number of benzene rings is 1. The largest absolute Gasteiger partial charge is 0.326 e. The van der Waals surface area contributed by atoms with Crippen molar-refractivity contribution >= 4 is 34.4 Å². The second-order valence-electron chi connectivity index (χ2n) is 5.23. The van der Waals surface area contributed by atoms with E-state index < -0.39 is 5.69 Å². The van der Waals surface area contributed by atoms with Crippen LogP contribution in [0.2, 0.25) is 0 Å². The number of hydrogen-bond acceptors (Lipinski definition) is 4. The van der Waals surface area contributed by atoms with E-state index in [-0.39, 0.29) is 9.64 Å². The summed E-state index contributed by atoms with van der Waals surface area (Å²) in [5.41, 5.74) is 2.39. The minimum atomic E-state index is -0.433. The van der Waals surface area contributed by atoms with Gasteiger partial charge in [0.1, 0.15) is 0 Å². The van der Waals surface area contributed by atoms with Crippen LogP contribution in [0.3, 0.4) is 0 Å². The quantitative estimate of drug-likeness (QED) is 0.783. The van der Waals surface area contributed by atoms with Crippen molar-refractivity contribution in [3.05, 3.63) is 44.1 Å². The van der Waals surface area contributed by atoms with E-state index >= 15 is 0 Å². The van der Waals surface area contributed by atoms with Gasteiger partial charge in [-0.25, -0.2) is 4.79 Å². The lowest BCUT2D eigenvalue weighted by Gasteiger charge is -2.34. The van der Waals surface area contributed by atoms with Crippen LogP contribution >= 0.6 is 23.5 Å². The van der Waals surface area contributed by atoms with Crippen LogP contribution in [0.25, 0.3) is 10.9 Å². The van der Waals surface area contributed by atoms with Crippen LogP contribution in [0.4, 0.5) is 0 Å². The molecule has 2 N–H and O–H groups in total. The van der Waals surface area contributed by atoms with Crippen molar-refractivity contribution in [2.24, 2.45) is 0 Å². The number of rotatable bonds is 0. The molecular formula is C14H14N2O2S2. The Bertz CT molecular complexity index is 803. The van der Waals surface area contributed by atoms with E-state index in [2.05, 4.69) is 16.0 Å². The highest BCUT2D eigenvalue weighted by molar-refractivity contribution is 8.20. The summed E-state index contributed by atoms with van der Waals surface area (Å²) in [5, 5.41) is 0.675. The van der Waals surface area contributed by atoms with Gasteiger partial charge in [-0.05, 0) is 36.5 Å². The van der Waals surface area contributed by atoms with Crippen molar-refractivity contribution in [1.82, 2.24) is 9.97 Å². The molecule has 2 aliphatic rings. The van der Waals surface area contributed by atoms with E-state index in [0.29, 0.717) is 10.9 Å². The van der Waals surface area contributed by atoms with Crippen molar-refractivity contribution in [1.29, 1.82) is 0 Å². The molecule has 1 fully saturated rings. The summed E-state index contributed by atoms with van der Waals surface area (Å²) >= 11 is 4.01. The SMILES string of the molecule is O=c1[nH]c(=O)c2c3c(ccc2[nH]1)C1(CCC3)SCCS1. The van der Waals surface area contributed by atoms with Crippen LogP contribution in [-0.2, 0) is 10.5 Å². The second kappa shape index (κ2) is 4.43. The van der Waals surface area contributed by atoms with Gasteiger partial charge in [-0.15, -0.1) is 23.5 Å². The van der Waals surface area contributed by atoms with E-state index in [1.54, 1.807) is 0 Å². The fourth-order valence-corrected chi connectivity index (χ4v) is 6.76. The average Bonchev–Trinajstić information content (AvgIpc) is 2.87. The van der Waals surface area contributed by atoms with Gasteiger partial charge >= 0.3 is 5.69 Å². The lowest BCUT2D eigenvalue weighted by Crippen LogP contribution is -2.27. The summed E-state index contributed by atoms with van der Waals surface area (Å²) in [6.07, 6.45) is 3.19. The monoisotopic (exact) mass is 306 g/mol. The molecule has 4 rings (SSSR count). The van der Waals surface area contributed by atoms with Crippen LogP contribution < -0.4 is 11.2 Å². The van der Waals surface area contributed by atoms with Gasteiger partial charge in [0.05, 0.1) is 15.0 Å². The fraction of sp³-hybridized carbons (Fsp3) is 0.429. The lowest BCUT2D eigenvalue weighted by atomic mass is 9.88. The van der Waals surface area contributed by atoms with Crippen molar-refractivity contribution < 1.29 is 0 Å². The Morgan fingerprint density at radius 1 is 1.10 bits per heavy atom. The predicted octanol–water partition coefficient (Wildman–Crippen LogP) is 2.19. The molecule has 1 aliphatic heterocycles. The van der Waals surface area contributed by atoms with E-state index in [9.17, 15) is 9.59 Å². The number of hydrogen-bond donors (Lipinski definition) is 2. The molecule has 4 nitrogen and oxygen atoms in total. The molecule has 1 spiro atoms. The fourth-order valence-electron chi connectivity index (χ4n) is 3.33. The second-order valence-corrected chi connectivity index (χ2v) is 8.27. The standard InChI is InChI=1S/C14H14N2O2S2/c17-12-11-8-2-1-5-14(19-6-7-20-14)9(8)3-4-10(11)15-13(18)16-12/h3-4H,1-2,5-7H2,(H2,15,16,17,18). The van der Waals surface area contributed by atoms with Gasteiger partial charge in [-0.1, -0.05) is 6.07 Å². The molecule has 1 saturated heterocycles. The molecular weight excluding hydrogens is 292 g/mol. The van der Waals surface area contributed by atoms with Crippen LogP contribution in [-0.4, -0.2) is 21.5 Å². The molecule has 104 valence electrons. The van der Waals surface area contributed by atoms with Gasteiger partial charge < -0.3 is 4.98 Å². The highest BCUT2D eigenvalue weighted by Gasteiger charge is 2.41. The first-order chi connectivity index (χ1) is 9.70. The molecule has 0 unspecified atom stereocenters. The van der Waals surface area contributed by atoms with Crippen molar-refractivity contribution in [2.45, 2.75) is 23.3 Å². The molecule has 6 heteroatoms. The van der Waals surface area contributed by atoms with Gasteiger partial charge in [-0.2, -0.15) is 0 Å². The summed E-state index contributed by atoms with van der Waals surface area (Å²) in [6, 6.07) is 3.99. The molecule has 0 bridgehead atoms. The highest BCUT2D eigenvalue weighted by atomic mass is 32.2. The number of fused-ring (bicyclic) bond motifs is 4. The summed E-state index contributed by atoms with van der Waals surface area (Å²) in [6.45, 7) is 0. The number of aryl methyl sites for hydroxylation is 1. The normalized spacial score (nSPS) is 20.4. The summed E-state index contributed by atoms with van der Waals surface area (Å²) in [4.78, 5) is 28.7. The molecule has 1 aromatic heterocycles. The zero-order valence-electron chi connectivity index (χ0n) is 10.8. The number of aromatic amines is 2. The van der Waals surface area contributed by atoms with Gasteiger partial charge in [0, 0.05) is 11.5 Å². The maximum absolute atomic E-state index is 12.2. The van der Waals surface area contributed by atoms with Crippen molar-refractivity contribution in [2.75, 3.05) is 11.5 Å². The Kier molecular flexibility index (Phi) is 2.79. The molecule has 0 radical (unpaired) electrons. The number of aromatic nitrogens is 2. The number of nitrogens with one attached hydrogen (secondary N) is 2. The maximum atomic E-state index is 12.2. The highest BCUT2D eigenvalue weighted by Crippen LogP contribution is 2.58. The minimum absolute atomic E-state index is 0.129. The van der Waals surface area contributed by atoms with Gasteiger partial charge in [-0.3, -0.25) is 9.78 Å². The van der Waals surface area contributed by atoms with Gasteiger partial charge in [0.2, 0.25) is 0 Å². The van der Waals surface area contributed by atoms with Crippen LogP contribution in [0.5, 0.6) is 0 Å². The third-order valence-electron chi connectivity index (χ3n) is 4.11. The molecule has 20 heavy (non-hydrogen) atoms. The minimum Gasteiger partial charge on any atom is -0.307 e. The van der Waals surface area contributed by atoms with E-state index in [1.807, 2.05) is 29.6 Å². The van der Waals surface area contributed by atoms with E-state index in [0.717, 1.165) is 18.4 Å². The summed E-state index contributed by atoms with van der Waals surface area (Å²) in [5.74, 6) is 2.34. The molecule has 0 saturated carbocycles. The Morgan fingerprint density at radius 3 is 2.70 bits per heavy atom. The average molecular weight is 306 g/mol. The van der Waals surface area contributed by atoms with Crippen molar-refractivity contribution in [3.63, 3.8) is 0 Å². The zero-order chi connectivity index (χ0) is 13.7. The lowest BCUT2D eigenvalue weighted by molar-refractivity contribution is 0.647. The Balaban J connectivity index is 2.07.